The van der Waals surface area contributed by atoms with E-state index in [1.807, 2.05) is 31.0 Å². The number of likely N-dealkylation sites (N-methyl/N-ethyl adjacent to an activating group) is 1. The summed E-state index contributed by atoms with van der Waals surface area (Å²) < 4.78 is 10.7. The predicted molar refractivity (Wildman–Crippen MR) is 87.8 cm³/mol. The molecule has 118 valence electrons. The van der Waals surface area contributed by atoms with Crippen LogP contribution in [0, 0.1) is 0 Å². The van der Waals surface area contributed by atoms with Crippen molar-refractivity contribution < 1.29 is 14.6 Å². The Labute approximate surface area is 131 Å². The summed E-state index contributed by atoms with van der Waals surface area (Å²) >= 11 is 4.98. The van der Waals surface area contributed by atoms with Crippen molar-refractivity contribution in [2.75, 3.05) is 33.9 Å². The van der Waals surface area contributed by atoms with Gasteiger partial charge in [0.2, 0.25) is 0 Å². The predicted octanol–water partition coefficient (Wildman–Crippen LogP) is 1.03. The summed E-state index contributed by atoms with van der Waals surface area (Å²) in [5.74, 6) is 0.594. The van der Waals surface area contributed by atoms with E-state index in [-0.39, 0.29) is 17.6 Å². The van der Waals surface area contributed by atoms with Crippen LogP contribution in [0.5, 0.6) is 5.75 Å². The van der Waals surface area contributed by atoms with E-state index < -0.39 is 6.10 Å². The van der Waals surface area contributed by atoms with E-state index in [2.05, 4.69) is 0 Å². The molecule has 0 fully saturated rings. The molecule has 1 aromatic carbocycles. The number of thiocarbonyl (C=S) groups is 1. The number of hydrogen-bond donors (Lipinski definition) is 2. The number of ether oxygens (including phenoxy) is 2. The molecule has 3 N–H and O–H groups in total. The maximum absolute atomic E-state index is 10.1. The summed E-state index contributed by atoms with van der Waals surface area (Å²) in [4.78, 5) is 2.31. The molecule has 5 nitrogen and oxygen atoms in total. The van der Waals surface area contributed by atoms with Gasteiger partial charge in [0, 0.05) is 19.7 Å². The normalized spacial score (nSPS) is 14.0. The second-order valence-electron chi connectivity index (χ2n) is 5.07. The molecule has 0 saturated heterocycles. The van der Waals surface area contributed by atoms with Crippen LogP contribution in [-0.2, 0) is 4.74 Å². The highest BCUT2D eigenvalue weighted by Crippen LogP contribution is 2.17. The fourth-order valence-electron chi connectivity index (χ4n) is 1.92. The van der Waals surface area contributed by atoms with Crippen LogP contribution in [-0.4, -0.2) is 61.1 Å². The van der Waals surface area contributed by atoms with Crippen LogP contribution in [0.25, 0.3) is 0 Å². The quantitative estimate of drug-likeness (QED) is 0.664. The Kier molecular flexibility index (Phi) is 7.60. The minimum atomic E-state index is -0.603. The minimum Gasteiger partial charge on any atom is -0.490 e. The SMILES string of the molecule is COCC(C)N(C)CC(O)COc1ccccc1C(N)=S. The summed E-state index contributed by atoms with van der Waals surface area (Å²) in [6.45, 7) is 3.34. The second-order valence-corrected chi connectivity index (χ2v) is 5.51. The Morgan fingerprint density at radius 3 is 2.67 bits per heavy atom. The standard InChI is InChI=1S/C15H24N2O3S/c1-11(9-19-3)17(2)8-12(18)10-20-14-7-5-4-6-13(14)15(16)21/h4-7,11-12,18H,8-10H2,1-3H3,(H2,16,21). The number of methoxy groups -OCH3 is 1. The zero-order valence-electron chi connectivity index (χ0n) is 12.8. The molecule has 6 heteroatoms. The average Bonchev–Trinajstić information content (AvgIpc) is 2.45. The van der Waals surface area contributed by atoms with E-state index >= 15 is 0 Å². The molecular weight excluding hydrogens is 288 g/mol. The molecule has 1 aromatic rings. The van der Waals surface area contributed by atoms with Crippen molar-refractivity contribution in [3.05, 3.63) is 29.8 Å². The molecule has 0 aliphatic rings. The third-order valence-electron chi connectivity index (χ3n) is 3.24. The van der Waals surface area contributed by atoms with E-state index in [4.69, 9.17) is 27.4 Å². The van der Waals surface area contributed by atoms with Crippen molar-refractivity contribution in [1.82, 2.24) is 4.90 Å². The zero-order valence-corrected chi connectivity index (χ0v) is 13.6. The van der Waals surface area contributed by atoms with Gasteiger partial charge in [-0.25, -0.2) is 0 Å². The Hall–Kier alpha value is -1.21. The van der Waals surface area contributed by atoms with Crippen LogP contribution < -0.4 is 10.5 Å². The number of para-hydroxylation sites is 1. The third kappa shape index (κ3) is 5.97. The number of nitrogens with zero attached hydrogens (tertiary/aromatic N) is 1. The highest BCUT2D eigenvalue weighted by atomic mass is 32.1. The number of rotatable bonds is 9. The molecule has 2 atom stereocenters. The average molecular weight is 312 g/mol. The topological polar surface area (TPSA) is 68.0 Å². The smallest absolute Gasteiger partial charge is 0.129 e. The van der Waals surface area contributed by atoms with Gasteiger partial charge in [0.15, 0.2) is 0 Å². The van der Waals surface area contributed by atoms with Gasteiger partial charge in [0.1, 0.15) is 23.4 Å². The number of nitrogens with two attached hydrogens (primary N) is 1. The summed E-state index contributed by atoms with van der Waals surface area (Å²) in [5.41, 5.74) is 6.32. The molecule has 0 heterocycles. The number of benzene rings is 1. The maximum atomic E-state index is 10.1. The summed E-state index contributed by atoms with van der Waals surface area (Å²) in [6.07, 6.45) is -0.603. The van der Waals surface area contributed by atoms with E-state index in [9.17, 15) is 5.11 Å². The van der Waals surface area contributed by atoms with Gasteiger partial charge in [-0.15, -0.1) is 0 Å². The van der Waals surface area contributed by atoms with E-state index in [0.717, 1.165) is 0 Å². The van der Waals surface area contributed by atoms with Gasteiger partial charge in [-0.3, -0.25) is 4.90 Å². The molecule has 1 rings (SSSR count). The van der Waals surface area contributed by atoms with Crippen LogP contribution in [0.4, 0.5) is 0 Å². The van der Waals surface area contributed by atoms with Gasteiger partial charge in [0.05, 0.1) is 12.2 Å². The van der Waals surface area contributed by atoms with Crippen molar-refractivity contribution in [3.63, 3.8) is 0 Å². The lowest BCUT2D eigenvalue weighted by molar-refractivity contribution is 0.0466. The van der Waals surface area contributed by atoms with Gasteiger partial charge in [-0.2, -0.15) is 0 Å². The van der Waals surface area contributed by atoms with E-state index in [1.54, 1.807) is 19.2 Å². The first-order chi connectivity index (χ1) is 9.95. The molecule has 0 saturated carbocycles. The van der Waals surface area contributed by atoms with E-state index in [1.165, 1.54) is 0 Å². The fraction of sp³-hybridized carbons (Fsp3) is 0.533. The van der Waals surface area contributed by atoms with Gasteiger partial charge in [0.25, 0.3) is 0 Å². The molecule has 0 spiro atoms. The van der Waals surface area contributed by atoms with Crippen LogP contribution in [0.1, 0.15) is 12.5 Å². The molecule has 0 aromatic heterocycles. The lowest BCUT2D eigenvalue weighted by Crippen LogP contribution is -2.40. The lowest BCUT2D eigenvalue weighted by Gasteiger charge is -2.26. The van der Waals surface area contributed by atoms with Crippen molar-refractivity contribution in [2.24, 2.45) is 5.73 Å². The van der Waals surface area contributed by atoms with Crippen LogP contribution in [0.3, 0.4) is 0 Å². The first-order valence-corrected chi connectivity index (χ1v) is 7.25. The molecule has 0 bridgehead atoms. The highest BCUT2D eigenvalue weighted by Gasteiger charge is 2.15. The number of hydrogen-bond acceptors (Lipinski definition) is 5. The number of aliphatic hydroxyl groups excluding tert-OH is 1. The minimum absolute atomic E-state index is 0.184. The van der Waals surface area contributed by atoms with Crippen molar-refractivity contribution in [2.45, 2.75) is 19.1 Å². The Morgan fingerprint density at radius 1 is 1.38 bits per heavy atom. The van der Waals surface area contributed by atoms with Crippen LogP contribution in [0.2, 0.25) is 0 Å². The fourth-order valence-corrected chi connectivity index (χ4v) is 2.08. The van der Waals surface area contributed by atoms with Crippen molar-refractivity contribution >= 4 is 17.2 Å². The van der Waals surface area contributed by atoms with Gasteiger partial charge in [-0.05, 0) is 26.1 Å². The molecular formula is C15H24N2O3S. The van der Waals surface area contributed by atoms with Crippen molar-refractivity contribution in [3.8, 4) is 5.75 Å². The lowest BCUT2D eigenvalue weighted by atomic mass is 10.2. The van der Waals surface area contributed by atoms with Crippen LogP contribution in [0.15, 0.2) is 24.3 Å². The molecule has 0 aliphatic heterocycles. The molecule has 21 heavy (non-hydrogen) atoms. The first-order valence-electron chi connectivity index (χ1n) is 6.84. The zero-order chi connectivity index (χ0) is 15.8. The van der Waals surface area contributed by atoms with Gasteiger partial charge >= 0.3 is 0 Å². The van der Waals surface area contributed by atoms with E-state index in [0.29, 0.717) is 24.5 Å². The molecule has 2 unspecified atom stereocenters. The van der Waals surface area contributed by atoms with Gasteiger partial charge in [-0.1, -0.05) is 24.4 Å². The molecule has 0 amide bonds. The monoisotopic (exact) mass is 312 g/mol. The largest absolute Gasteiger partial charge is 0.490 e. The maximum Gasteiger partial charge on any atom is 0.129 e. The third-order valence-corrected chi connectivity index (χ3v) is 3.46. The van der Waals surface area contributed by atoms with Crippen LogP contribution >= 0.6 is 12.2 Å². The second kappa shape index (κ2) is 8.94. The van der Waals surface area contributed by atoms with Gasteiger partial charge < -0.3 is 20.3 Å². The Morgan fingerprint density at radius 2 is 2.05 bits per heavy atom. The number of aliphatic hydroxyl groups is 1. The van der Waals surface area contributed by atoms with Crippen molar-refractivity contribution in [1.29, 1.82) is 0 Å². The molecule has 0 radical (unpaired) electrons. The highest BCUT2D eigenvalue weighted by molar-refractivity contribution is 7.80. The summed E-state index contributed by atoms with van der Waals surface area (Å²) in [6, 6.07) is 7.51. The molecule has 0 aliphatic carbocycles. The summed E-state index contributed by atoms with van der Waals surface area (Å²) in [5, 5.41) is 10.1. The Balaban J connectivity index is 2.50. The first kappa shape index (κ1) is 17.8. The summed E-state index contributed by atoms with van der Waals surface area (Å²) in [7, 11) is 3.60. The Bertz CT molecular complexity index is 456.